The molecule has 4 heteroatoms. The molecule has 0 spiro atoms. The van der Waals surface area contributed by atoms with E-state index in [1.807, 2.05) is 6.92 Å². The molecule has 1 heterocycles. The highest BCUT2D eigenvalue weighted by atomic mass is 79.9. The maximum Gasteiger partial charge on any atom is 0.193 e. The molecule has 0 aliphatic heterocycles. The Morgan fingerprint density at radius 3 is 2.75 bits per heavy atom. The second-order valence-corrected chi connectivity index (χ2v) is 2.82. The van der Waals surface area contributed by atoms with Gasteiger partial charge in [0.05, 0.1) is 11.0 Å². The van der Waals surface area contributed by atoms with E-state index in [4.69, 9.17) is 0 Å². The third-order valence-corrected chi connectivity index (χ3v) is 2.00. The summed E-state index contributed by atoms with van der Waals surface area (Å²) in [6.07, 6.45) is 3.88. The summed E-state index contributed by atoms with van der Waals surface area (Å²) in [5, 5.41) is 0.304. The van der Waals surface area contributed by atoms with Crippen LogP contribution in [0.1, 0.15) is 23.1 Å². The maximum absolute atomic E-state index is 11.2. The van der Waals surface area contributed by atoms with E-state index >= 15 is 0 Å². The first kappa shape index (κ1) is 9.32. The Labute approximate surface area is 79.4 Å². The zero-order valence-electron chi connectivity index (χ0n) is 6.75. The second-order valence-electron chi connectivity index (χ2n) is 2.26. The van der Waals surface area contributed by atoms with Gasteiger partial charge in [-0.2, -0.15) is 0 Å². The molecule has 64 valence electrons. The highest BCUT2D eigenvalue weighted by Gasteiger charge is 2.10. The van der Waals surface area contributed by atoms with Crippen LogP contribution in [0.2, 0.25) is 0 Å². The lowest BCUT2D eigenvalue weighted by atomic mass is 10.2. The molecule has 1 aromatic heterocycles. The minimum atomic E-state index is -0.0139. The fourth-order valence-electron chi connectivity index (χ4n) is 0.922. The van der Waals surface area contributed by atoms with Crippen LogP contribution in [0.4, 0.5) is 0 Å². The van der Waals surface area contributed by atoms with Gasteiger partial charge < -0.3 is 0 Å². The van der Waals surface area contributed by atoms with Crippen LogP contribution in [0.15, 0.2) is 12.4 Å². The largest absolute Gasteiger partial charge is 0.291 e. The van der Waals surface area contributed by atoms with E-state index in [0.29, 0.717) is 11.0 Å². The van der Waals surface area contributed by atoms with Gasteiger partial charge in [0.1, 0.15) is 5.69 Å². The van der Waals surface area contributed by atoms with Crippen molar-refractivity contribution in [3.63, 3.8) is 0 Å². The van der Waals surface area contributed by atoms with E-state index in [-0.39, 0.29) is 5.78 Å². The number of carbonyl (C=O) groups excluding carboxylic acids is 1. The van der Waals surface area contributed by atoms with E-state index in [1.165, 1.54) is 6.20 Å². The molecule has 0 saturated heterocycles. The topological polar surface area (TPSA) is 42.9 Å². The number of aromatic nitrogens is 2. The molecule has 0 bridgehead atoms. The molecular weight excluding hydrogens is 220 g/mol. The van der Waals surface area contributed by atoms with Crippen molar-refractivity contribution < 1.29 is 4.79 Å². The monoisotopic (exact) mass is 228 g/mol. The number of aryl methyl sites for hydroxylation is 1. The van der Waals surface area contributed by atoms with Gasteiger partial charge in [0.15, 0.2) is 5.78 Å². The van der Waals surface area contributed by atoms with Crippen molar-refractivity contribution in [2.45, 2.75) is 13.3 Å². The molecule has 0 unspecified atom stereocenters. The Morgan fingerprint density at radius 1 is 1.50 bits per heavy atom. The van der Waals surface area contributed by atoms with Gasteiger partial charge in [-0.3, -0.25) is 9.78 Å². The Morgan fingerprint density at radius 2 is 2.17 bits per heavy atom. The molecular formula is C8H9BrN2O. The summed E-state index contributed by atoms with van der Waals surface area (Å²) in [5.74, 6) is -0.0139. The third kappa shape index (κ3) is 1.88. The van der Waals surface area contributed by atoms with Gasteiger partial charge in [-0.05, 0) is 6.42 Å². The van der Waals surface area contributed by atoms with Crippen LogP contribution < -0.4 is 0 Å². The van der Waals surface area contributed by atoms with E-state index < -0.39 is 0 Å². The molecule has 12 heavy (non-hydrogen) atoms. The summed E-state index contributed by atoms with van der Waals surface area (Å²) < 4.78 is 0. The Hall–Kier alpha value is -0.770. The van der Waals surface area contributed by atoms with Gasteiger partial charge in [-0.1, -0.05) is 22.9 Å². The lowest BCUT2D eigenvalue weighted by Crippen LogP contribution is -2.08. The molecule has 1 rings (SSSR count). The van der Waals surface area contributed by atoms with Crippen molar-refractivity contribution in [1.29, 1.82) is 0 Å². The molecule has 0 amide bonds. The smallest absolute Gasteiger partial charge is 0.193 e. The summed E-state index contributed by atoms with van der Waals surface area (Å²) in [4.78, 5) is 19.3. The normalized spacial score (nSPS) is 9.83. The van der Waals surface area contributed by atoms with Crippen LogP contribution in [0.25, 0.3) is 0 Å². The van der Waals surface area contributed by atoms with Crippen molar-refractivity contribution in [1.82, 2.24) is 9.97 Å². The van der Waals surface area contributed by atoms with E-state index in [9.17, 15) is 4.79 Å². The average Bonchev–Trinajstić information content (AvgIpc) is 2.16. The number of alkyl halides is 1. The molecule has 0 atom stereocenters. The summed E-state index contributed by atoms with van der Waals surface area (Å²) >= 11 is 3.10. The van der Waals surface area contributed by atoms with Crippen LogP contribution >= 0.6 is 15.9 Å². The first-order valence-electron chi connectivity index (χ1n) is 3.68. The van der Waals surface area contributed by atoms with Crippen molar-refractivity contribution in [2.75, 3.05) is 5.33 Å². The minimum absolute atomic E-state index is 0.0139. The van der Waals surface area contributed by atoms with Crippen LogP contribution in [0, 0.1) is 0 Å². The molecule has 0 aromatic carbocycles. The predicted molar refractivity (Wildman–Crippen MR) is 49.5 cm³/mol. The Balaban J connectivity index is 3.04. The molecule has 3 nitrogen and oxygen atoms in total. The van der Waals surface area contributed by atoms with Gasteiger partial charge >= 0.3 is 0 Å². The van der Waals surface area contributed by atoms with Gasteiger partial charge in [0.25, 0.3) is 0 Å². The van der Waals surface area contributed by atoms with E-state index in [2.05, 4.69) is 25.9 Å². The number of hydrogen-bond acceptors (Lipinski definition) is 3. The fraction of sp³-hybridized carbons (Fsp3) is 0.375. The first-order chi connectivity index (χ1) is 5.79. The van der Waals surface area contributed by atoms with Crippen molar-refractivity contribution in [3.05, 3.63) is 23.8 Å². The molecule has 0 aliphatic carbocycles. The number of Topliss-reactive ketones (excluding diaryl/α,β-unsaturated/α-hetero) is 1. The predicted octanol–water partition coefficient (Wildman–Crippen LogP) is 1.62. The molecule has 0 saturated carbocycles. The first-order valence-corrected chi connectivity index (χ1v) is 4.80. The molecule has 0 radical (unpaired) electrons. The minimum Gasteiger partial charge on any atom is -0.291 e. The van der Waals surface area contributed by atoms with Gasteiger partial charge in [0.2, 0.25) is 0 Å². The summed E-state index contributed by atoms with van der Waals surface area (Å²) in [6.45, 7) is 1.95. The van der Waals surface area contributed by atoms with Crippen LogP contribution in [-0.2, 0) is 6.42 Å². The number of hydrogen-bond donors (Lipinski definition) is 0. The fourth-order valence-corrected chi connectivity index (χ4v) is 1.19. The van der Waals surface area contributed by atoms with E-state index in [1.54, 1.807) is 6.20 Å². The van der Waals surface area contributed by atoms with Crippen LogP contribution in [0.5, 0.6) is 0 Å². The summed E-state index contributed by atoms with van der Waals surface area (Å²) in [7, 11) is 0. The quantitative estimate of drug-likeness (QED) is 0.584. The summed E-state index contributed by atoms with van der Waals surface area (Å²) in [6, 6.07) is 0. The lowest BCUT2D eigenvalue weighted by molar-refractivity contribution is 0.101. The van der Waals surface area contributed by atoms with Crippen molar-refractivity contribution in [2.24, 2.45) is 0 Å². The van der Waals surface area contributed by atoms with Crippen LogP contribution in [-0.4, -0.2) is 21.1 Å². The van der Waals surface area contributed by atoms with Gasteiger partial charge in [-0.25, -0.2) is 4.98 Å². The highest BCUT2D eigenvalue weighted by Crippen LogP contribution is 2.04. The number of halogens is 1. The third-order valence-electron chi connectivity index (χ3n) is 1.49. The SMILES string of the molecule is CCc1nccnc1C(=O)CBr. The standard InChI is InChI=1S/C8H9BrN2O/c1-2-6-8(7(12)5-9)11-4-3-10-6/h3-4H,2,5H2,1H3. The molecule has 0 N–H and O–H groups in total. The number of rotatable bonds is 3. The Kier molecular flexibility index (Phi) is 3.34. The van der Waals surface area contributed by atoms with Crippen molar-refractivity contribution >= 4 is 21.7 Å². The number of ketones is 1. The van der Waals surface area contributed by atoms with E-state index in [0.717, 1.165) is 12.1 Å². The van der Waals surface area contributed by atoms with Gasteiger partial charge in [-0.15, -0.1) is 0 Å². The summed E-state index contributed by atoms with van der Waals surface area (Å²) in [5.41, 5.74) is 1.25. The zero-order valence-corrected chi connectivity index (χ0v) is 8.34. The van der Waals surface area contributed by atoms with Crippen molar-refractivity contribution in [3.8, 4) is 0 Å². The zero-order chi connectivity index (χ0) is 8.97. The van der Waals surface area contributed by atoms with Crippen LogP contribution in [0.3, 0.4) is 0 Å². The Bertz CT molecular complexity index is 288. The molecule has 0 fully saturated rings. The maximum atomic E-state index is 11.2. The average molecular weight is 229 g/mol. The highest BCUT2D eigenvalue weighted by molar-refractivity contribution is 9.09. The number of carbonyl (C=O) groups is 1. The molecule has 0 aliphatic rings. The van der Waals surface area contributed by atoms with Gasteiger partial charge in [0, 0.05) is 12.4 Å². The lowest BCUT2D eigenvalue weighted by Gasteiger charge is -2.00. The number of nitrogens with zero attached hydrogens (tertiary/aromatic N) is 2. The second kappa shape index (κ2) is 4.30. The molecule has 1 aromatic rings.